The molecule has 1 rings (SSSR count). The highest BCUT2D eigenvalue weighted by molar-refractivity contribution is 7.86. The Morgan fingerprint density at radius 2 is 1.48 bits per heavy atom. The molecule has 18 heteroatoms. The Hall–Kier alpha value is -2.66. The van der Waals surface area contributed by atoms with Crippen LogP contribution in [0, 0.1) is 30.3 Å². The van der Waals surface area contributed by atoms with Crippen LogP contribution in [0.1, 0.15) is 6.42 Å². The van der Waals surface area contributed by atoms with Gasteiger partial charge in [-0.25, -0.2) is 0 Å². The Morgan fingerprint density at radius 1 is 1.00 bits per heavy atom. The standard InChI is InChI=1S/C7H14Cl2N2O.C6H3N3O9S/c8-2-1-4-11(5-3-9)6-7(10)12;10-7(11)3-1-4(8(12)13)6(19(16,17)18)5(2-3)9(14)15/h1-6H2,(H2,10,12);1-2H,(H,16,17,18). The highest BCUT2D eigenvalue weighted by Gasteiger charge is 2.37. The number of carbonyl (C=O) groups excluding carboxylic acids is 1. The van der Waals surface area contributed by atoms with Crippen molar-refractivity contribution >= 4 is 56.3 Å². The number of carbonyl (C=O) groups is 1. The summed E-state index contributed by atoms with van der Waals surface area (Å²) in [5, 5.41) is 31.7. The molecule has 31 heavy (non-hydrogen) atoms. The minimum absolute atomic E-state index is 0.204. The van der Waals surface area contributed by atoms with E-state index in [2.05, 4.69) is 0 Å². The summed E-state index contributed by atoms with van der Waals surface area (Å²) in [6.45, 7) is 1.73. The lowest BCUT2D eigenvalue weighted by Crippen LogP contribution is -2.35. The van der Waals surface area contributed by atoms with Crippen molar-refractivity contribution in [2.75, 3.05) is 31.4 Å². The Morgan fingerprint density at radius 3 is 1.77 bits per heavy atom. The van der Waals surface area contributed by atoms with Crippen LogP contribution in [0.2, 0.25) is 0 Å². The first kappa shape index (κ1) is 28.3. The van der Waals surface area contributed by atoms with Crippen LogP contribution in [0.4, 0.5) is 17.1 Å². The number of hydrogen-bond acceptors (Lipinski definition) is 10. The normalized spacial score (nSPS) is 10.8. The van der Waals surface area contributed by atoms with Gasteiger partial charge >= 0.3 is 21.5 Å². The monoisotopic (exact) mass is 505 g/mol. The Bertz CT molecular complexity index is 908. The smallest absolute Gasteiger partial charge is 0.308 e. The molecule has 0 heterocycles. The average molecular weight is 506 g/mol. The third-order valence-corrected chi connectivity index (χ3v) is 4.66. The van der Waals surface area contributed by atoms with E-state index in [1.54, 1.807) is 0 Å². The molecular formula is C13H17Cl2N5O10S. The molecule has 0 radical (unpaired) electrons. The van der Waals surface area contributed by atoms with Crippen LogP contribution in [0.3, 0.4) is 0 Å². The second-order valence-electron chi connectivity index (χ2n) is 5.53. The number of nitrogens with two attached hydrogens (primary N) is 1. The first-order valence-corrected chi connectivity index (χ1v) is 10.5. The molecule has 1 aromatic rings. The highest BCUT2D eigenvalue weighted by atomic mass is 35.5. The minimum Gasteiger partial charge on any atom is -0.369 e. The number of non-ortho nitro benzene ring substituents is 1. The number of halogens is 2. The van der Waals surface area contributed by atoms with Crippen LogP contribution in [-0.2, 0) is 14.9 Å². The number of nitrogens with zero attached hydrogens (tertiary/aromatic N) is 4. The largest absolute Gasteiger partial charge is 0.369 e. The van der Waals surface area contributed by atoms with Crippen molar-refractivity contribution in [3.8, 4) is 0 Å². The van der Waals surface area contributed by atoms with E-state index in [1.807, 2.05) is 4.90 Å². The van der Waals surface area contributed by atoms with Crippen LogP contribution in [0.25, 0.3) is 0 Å². The van der Waals surface area contributed by atoms with Gasteiger partial charge in [-0.2, -0.15) is 8.42 Å². The van der Waals surface area contributed by atoms with E-state index in [-0.39, 0.29) is 24.6 Å². The van der Waals surface area contributed by atoms with Gasteiger partial charge in [-0.05, 0) is 13.0 Å². The predicted molar refractivity (Wildman–Crippen MR) is 108 cm³/mol. The van der Waals surface area contributed by atoms with E-state index in [9.17, 15) is 43.6 Å². The van der Waals surface area contributed by atoms with E-state index in [4.69, 9.17) is 33.5 Å². The highest BCUT2D eigenvalue weighted by Crippen LogP contribution is 2.36. The molecule has 1 amide bonds. The van der Waals surface area contributed by atoms with Crippen LogP contribution in [0.5, 0.6) is 0 Å². The lowest BCUT2D eigenvalue weighted by atomic mass is 10.2. The van der Waals surface area contributed by atoms with Crippen molar-refractivity contribution in [1.82, 2.24) is 4.90 Å². The number of nitro benzene ring substituents is 3. The fourth-order valence-corrected chi connectivity index (χ4v) is 3.27. The van der Waals surface area contributed by atoms with Crippen molar-refractivity contribution in [2.24, 2.45) is 5.73 Å². The maximum Gasteiger partial charge on any atom is 0.308 e. The maximum atomic E-state index is 10.9. The zero-order valence-electron chi connectivity index (χ0n) is 15.5. The van der Waals surface area contributed by atoms with Crippen LogP contribution < -0.4 is 5.73 Å². The van der Waals surface area contributed by atoms with Gasteiger partial charge in [-0.15, -0.1) is 23.2 Å². The lowest BCUT2D eigenvalue weighted by molar-refractivity contribution is -0.407. The topological polar surface area (TPSA) is 230 Å². The number of rotatable bonds is 11. The third-order valence-electron chi connectivity index (χ3n) is 3.28. The fraction of sp³-hybridized carbons (Fsp3) is 0.462. The summed E-state index contributed by atoms with van der Waals surface area (Å²) >= 11 is 11.0. The summed E-state index contributed by atoms with van der Waals surface area (Å²) in [4.78, 5) is 38.6. The van der Waals surface area contributed by atoms with E-state index in [1.165, 1.54) is 0 Å². The maximum absolute atomic E-state index is 10.9. The Balaban J connectivity index is 0.000000649. The van der Waals surface area contributed by atoms with Gasteiger partial charge in [-0.3, -0.25) is 44.6 Å². The van der Waals surface area contributed by atoms with Crippen LogP contribution in [-0.4, -0.2) is 69.9 Å². The van der Waals surface area contributed by atoms with Gasteiger partial charge in [0.05, 0.1) is 33.4 Å². The van der Waals surface area contributed by atoms with Gasteiger partial charge in [0, 0.05) is 18.3 Å². The second-order valence-corrected chi connectivity index (χ2v) is 7.65. The van der Waals surface area contributed by atoms with Gasteiger partial charge in [0.15, 0.2) is 0 Å². The number of amides is 1. The van der Waals surface area contributed by atoms with Crippen molar-refractivity contribution < 1.29 is 32.5 Å². The molecule has 0 saturated heterocycles. The molecule has 0 aliphatic heterocycles. The van der Waals surface area contributed by atoms with Crippen LogP contribution >= 0.6 is 23.2 Å². The summed E-state index contributed by atoms with van der Waals surface area (Å²) < 4.78 is 30.7. The molecule has 0 aliphatic rings. The molecule has 3 N–H and O–H groups in total. The van der Waals surface area contributed by atoms with E-state index in [0.717, 1.165) is 13.0 Å². The van der Waals surface area contributed by atoms with Crippen LogP contribution in [0.15, 0.2) is 17.0 Å². The number of alkyl halides is 2. The number of nitro groups is 3. The zero-order valence-corrected chi connectivity index (χ0v) is 17.9. The van der Waals surface area contributed by atoms with Crippen molar-refractivity contribution in [3.05, 3.63) is 42.5 Å². The third kappa shape index (κ3) is 9.79. The minimum atomic E-state index is -5.30. The van der Waals surface area contributed by atoms with Crippen molar-refractivity contribution in [1.29, 1.82) is 0 Å². The number of hydrogen-bond donors (Lipinski definition) is 2. The quantitative estimate of drug-likeness (QED) is 0.188. The molecule has 0 aromatic heterocycles. The molecule has 0 spiro atoms. The Labute approximate surface area is 184 Å². The number of primary amides is 1. The molecule has 0 fully saturated rings. The van der Waals surface area contributed by atoms with Gasteiger partial charge in [0.1, 0.15) is 0 Å². The van der Waals surface area contributed by atoms with E-state index in [0.29, 0.717) is 18.3 Å². The van der Waals surface area contributed by atoms with Crippen molar-refractivity contribution in [3.63, 3.8) is 0 Å². The second kappa shape index (κ2) is 12.9. The number of benzene rings is 1. The summed E-state index contributed by atoms with van der Waals surface area (Å²) in [5.74, 6) is 0.780. The predicted octanol–water partition coefficient (Wildman–Crippen LogP) is 1.30. The van der Waals surface area contributed by atoms with Crippen molar-refractivity contribution in [2.45, 2.75) is 11.3 Å². The SMILES string of the molecule is NC(=O)CN(CCCl)CCCCl.O=[N+]([O-])c1cc([N+](=O)[O-])c(S(=O)(=O)O)c([N+](=O)[O-])c1. The van der Waals surface area contributed by atoms with Gasteiger partial charge in [-0.1, -0.05) is 0 Å². The van der Waals surface area contributed by atoms with Gasteiger partial charge in [0.2, 0.25) is 10.8 Å². The summed E-state index contributed by atoms with van der Waals surface area (Å²) in [6.07, 6.45) is 0.853. The van der Waals surface area contributed by atoms with Gasteiger partial charge < -0.3 is 5.73 Å². The molecule has 0 atom stereocenters. The zero-order chi connectivity index (χ0) is 24.4. The summed E-state index contributed by atoms with van der Waals surface area (Å²) in [7, 11) is -5.30. The molecule has 0 bridgehead atoms. The summed E-state index contributed by atoms with van der Waals surface area (Å²) in [5.41, 5.74) is 1.08. The molecular weight excluding hydrogens is 489 g/mol. The van der Waals surface area contributed by atoms with E-state index >= 15 is 0 Å². The Kier molecular flexibility index (Phi) is 11.8. The molecule has 0 saturated carbocycles. The molecule has 0 aliphatic carbocycles. The molecule has 15 nitrogen and oxygen atoms in total. The first-order valence-electron chi connectivity index (χ1n) is 7.97. The first-order chi connectivity index (χ1) is 14.3. The molecule has 174 valence electrons. The molecule has 0 unspecified atom stereocenters. The van der Waals surface area contributed by atoms with E-state index < -0.39 is 46.8 Å². The fourth-order valence-electron chi connectivity index (χ4n) is 2.12. The average Bonchev–Trinajstić information content (AvgIpc) is 2.64. The summed E-state index contributed by atoms with van der Waals surface area (Å²) in [6, 6.07) is 0.409. The molecule has 1 aromatic carbocycles. The van der Waals surface area contributed by atoms with Gasteiger partial charge in [0.25, 0.3) is 5.69 Å². The lowest BCUT2D eigenvalue weighted by Gasteiger charge is -2.18.